The summed E-state index contributed by atoms with van der Waals surface area (Å²) in [6.07, 6.45) is 2.96. The maximum atomic E-state index is 10.8. The standard InChI is InChI=1S/C8H6NO3.Rf/c1-12-8(11)6-2-3-7(5-10)9-4-6;/h2-3,5H,1H3;/q-1;. The second-order valence-electron chi connectivity index (χ2n) is 2.00. The number of carbonyl (C=O) groups excluding carboxylic acids is 2. The Morgan fingerprint density at radius 3 is 2.69 bits per heavy atom. The molecule has 0 bridgehead atoms. The van der Waals surface area contributed by atoms with Crippen LogP contribution in [0.4, 0.5) is 0 Å². The molecule has 1 aromatic rings. The summed E-state index contributed by atoms with van der Waals surface area (Å²) in [5, 5.41) is 0. The number of ether oxygens (including phenoxy) is 1. The first-order chi connectivity index (χ1) is 5.77. The molecule has 0 N–H and O–H groups in total. The topological polar surface area (TPSA) is 56.3 Å². The van der Waals surface area contributed by atoms with E-state index < -0.39 is 5.97 Å². The molecule has 0 aliphatic rings. The molecule has 0 saturated heterocycles. The minimum atomic E-state index is -0.514. The monoisotopic (exact) mass is 431 g/mol. The Morgan fingerprint density at radius 1 is 1.62 bits per heavy atom. The van der Waals surface area contributed by atoms with Gasteiger partial charge in [-0.3, -0.25) is 0 Å². The first-order valence-corrected chi connectivity index (χ1v) is 3.20. The number of esters is 1. The van der Waals surface area contributed by atoms with Crippen molar-refractivity contribution in [3.8, 4) is 0 Å². The molecule has 1 aromatic heterocycles. The number of hydrogen-bond donors (Lipinski definition) is 0. The SMILES string of the molecule is COC(=O)c1[c-]nc(C=O)cc1.[Rf]. The average Bonchev–Trinajstić information content (AvgIpc) is 2.17. The van der Waals surface area contributed by atoms with E-state index in [0.29, 0.717) is 6.29 Å². The maximum Gasteiger partial charge on any atom is 0.251 e. The fraction of sp³-hybridized carbons (Fsp3) is 0.125. The van der Waals surface area contributed by atoms with Gasteiger partial charge in [0, 0.05) is 5.69 Å². The minimum Gasteiger partial charge on any atom is -0.509 e. The van der Waals surface area contributed by atoms with E-state index in [1.54, 1.807) is 0 Å². The van der Waals surface area contributed by atoms with E-state index >= 15 is 0 Å². The van der Waals surface area contributed by atoms with Gasteiger partial charge < -0.3 is 19.3 Å². The Hall–Kier alpha value is -2.71. The van der Waals surface area contributed by atoms with Crippen molar-refractivity contribution in [2.75, 3.05) is 7.11 Å². The quantitative estimate of drug-likeness (QED) is 0.389. The molecule has 0 aliphatic carbocycles. The smallest absolute Gasteiger partial charge is 0.251 e. The van der Waals surface area contributed by atoms with Gasteiger partial charge >= 0.3 is 0 Å². The van der Waals surface area contributed by atoms with Gasteiger partial charge in [-0.1, -0.05) is 0 Å². The Labute approximate surface area is 69.2 Å². The van der Waals surface area contributed by atoms with Crippen molar-refractivity contribution in [1.29, 1.82) is 0 Å². The molecule has 0 fully saturated rings. The number of aldehydes is 1. The van der Waals surface area contributed by atoms with Crippen molar-refractivity contribution in [3.05, 3.63) is 29.6 Å². The summed E-state index contributed by atoms with van der Waals surface area (Å²) in [6.45, 7) is 0. The Bertz CT molecular complexity index is 297. The molecule has 0 aromatic carbocycles. The summed E-state index contributed by atoms with van der Waals surface area (Å²) in [5.41, 5.74) is 0.450. The van der Waals surface area contributed by atoms with Crippen molar-refractivity contribution in [3.63, 3.8) is 0 Å². The molecule has 0 amide bonds. The largest absolute Gasteiger partial charge is 0.509 e. The first kappa shape index (κ1) is 10.3. The van der Waals surface area contributed by atoms with Crippen molar-refractivity contribution in [1.82, 2.24) is 4.98 Å². The van der Waals surface area contributed by atoms with Gasteiger partial charge in [0.15, 0.2) is 0 Å². The molecule has 13 heavy (non-hydrogen) atoms. The second-order valence-corrected chi connectivity index (χ2v) is 2.00. The second kappa shape index (κ2) is 4.23. The van der Waals surface area contributed by atoms with Crippen LogP contribution in [0.1, 0.15) is 20.8 Å². The van der Waals surface area contributed by atoms with E-state index in [1.165, 1.54) is 19.2 Å². The maximum absolute atomic E-state index is 10.8. The van der Waals surface area contributed by atoms with Gasteiger partial charge in [-0.25, -0.2) is 0 Å². The molecule has 1 heterocycles. The number of methoxy groups -OCH3 is 1. The van der Waals surface area contributed by atoms with Gasteiger partial charge in [0.2, 0.25) is 0 Å². The van der Waals surface area contributed by atoms with Gasteiger partial charge in [0.25, 0.3) is 5.97 Å². The molecule has 0 spiro atoms. The molecule has 64 valence electrons. The van der Waals surface area contributed by atoms with Crippen LogP contribution in [0.25, 0.3) is 0 Å². The van der Waals surface area contributed by atoms with Crippen LogP contribution in [-0.4, -0.2) is 24.3 Å². The predicted octanol–water partition coefficient (Wildman–Crippen LogP) is 0.481. The van der Waals surface area contributed by atoms with Crippen molar-refractivity contribution < 1.29 is 14.3 Å². The average molecular weight is 431 g/mol. The van der Waals surface area contributed by atoms with Crippen LogP contribution >= 0.6 is 0 Å². The zero-order valence-electron chi connectivity index (χ0n) is 7.11. The Kier molecular flexibility index (Phi) is 3.35. The molecule has 0 saturated carbocycles. The van der Waals surface area contributed by atoms with Crippen LogP contribution in [0, 0.1) is 6.20 Å². The number of hydrogen-bond acceptors (Lipinski definition) is 4. The van der Waals surface area contributed by atoms with Crippen LogP contribution in [0.15, 0.2) is 12.1 Å². The Balaban J connectivity index is 0.00000144. The van der Waals surface area contributed by atoms with E-state index in [4.69, 9.17) is 0 Å². The zero-order valence-corrected chi connectivity index (χ0v) is 13.5. The van der Waals surface area contributed by atoms with E-state index in [-0.39, 0.29) is 11.3 Å². The zero-order chi connectivity index (χ0) is 8.97. The predicted molar refractivity (Wildman–Crippen MR) is 39.8 cm³/mol. The van der Waals surface area contributed by atoms with Crippen LogP contribution in [0.2, 0.25) is 0 Å². The Morgan fingerprint density at radius 2 is 2.31 bits per heavy atom. The van der Waals surface area contributed by atoms with Crippen molar-refractivity contribution in [2.24, 2.45) is 0 Å². The summed E-state index contributed by atoms with van der Waals surface area (Å²) in [7, 11) is 1.27. The number of rotatable bonds is 2. The van der Waals surface area contributed by atoms with E-state index in [0.717, 1.165) is 0 Å². The van der Waals surface area contributed by atoms with E-state index in [9.17, 15) is 9.59 Å². The van der Waals surface area contributed by atoms with Gasteiger partial charge in [0.1, 0.15) is 6.29 Å². The molecule has 4 nitrogen and oxygen atoms in total. The molecular weight excluding hydrogens is 425 g/mol. The van der Waals surface area contributed by atoms with Crippen molar-refractivity contribution in [2.45, 2.75) is 0 Å². The van der Waals surface area contributed by atoms with Gasteiger partial charge in [-0.15, -0.1) is 12.1 Å². The van der Waals surface area contributed by atoms with Gasteiger partial charge in [-0.05, 0) is 11.8 Å². The number of pyridine rings is 1. The van der Waals surface area contributed by atoms with Crippen LogP contribution in [0.5, 0.6) is 0 Å². The summed E-state index contributed by atoms with van der Waals surface area (Å²) >= 11 is 0. The van der Waals surface area contributed by atoms with E-state index in [1.807, 2.05) is 0 Å². The summed E-state index contributed by atoms with van der Waals surface area (Å²) in [6, 6.07) is 2.86. The fourth-order valence-corrected chi connectivity index (χ4v) is 0.657. The first-order valence-electron chi connectivity index (χ1n) is 3.20. The number of nitrogens with zero attached hydrogens (tertiary/aromatic N) is 1. The molecule has 0 radical (unpaired) electrons. The number of aromatic nitrogens is 1. The van der Waals surface area contributed by atoms with Crippen molar-refractivity contribution >= 4 is 12.3 Å². The van der Waals surface area contributed by atoms with Gasteiger partial charge in [-0.2, -0.15) is 0 Å². The summed E-state index contributed by atoms with van der Waals surface area (Å²) < 4.78 is 4.41. The van der Waals surface area contributed by atoms with Gasteiger partial charge in [0.05, 0.1) is 7.11 Å². The number of carbonyl (C=O) groups is 2. The third kappa shape index (κ3) is 2.11. The molecular formula is C8H6NO3Rf-. The third-order valence-electron chi connectivity index (χ3n) is 1.25. The molecule has 0 unspecified atom stereocenters. The summed E-state index contributed by atoms with van der Waals surface area (Å²) in [4.78, 5) is 24.6. The summed E-state index contributed by atoms with van der Waals surface area (Å²) in [5.74, 6) is -0.514. The third-order valence-corrected chi connectivity index (χ3v) is 1.25. The van der Waals surface area contributed by atoms with Crippen LogP contribution < -0.4 is 0 Å². The molecule has 0 aliphatic heterocycles. The minimum absolute atomic E-state index is 0. The van der Waals surface area contributed by atoms with E-state index in [2.05, 4.69) is 15.9 Å². The molecule has 5 heteroatoms. The molecule has 1 rings (SSSR count). The van der Waals surface area contributed by atoms with Crippen LogP contribution in [-0.2, 0) is 4.74 Å². The normalized spacial score (nSPS) is 8.38. The molecule has 0 atom stereocenters. The fourth-order valence-electron chi connectivity index (χ4n) is 0.657. The van der Waals surface area contributed by atoms with Crippen LogP contribution in [0.3, 0.4) is 0 Å².